The molecular formula is C17H11F2N3O. The third-order valence-electron chi connectivity index (χ3n) is 3.12. The van der Waals surface area contributed by atoms with Crippen molar-refractivity contribution in [3.63, 3.8) is 0 Å². The van der Waals surface area contributed by atoms with Crippen LogP contribution in [0, 0.1) is 11.6 Å². The number of nitrogens with one attached hydrogen (secondary N) is 1. The summed E-state index contributed by atoms with van der Waals surface area (Å²) < 4.78 is 26.7. The van der Waals surface area contributed by atoms with E-state index in [1.165, 1.54) is 42.7 Å². The Bertz CT molecular complexity index is 850. The SMILES string of the molecule is O=C(Nc1ccccc1F)c1cnc(-c2cccc(F)c2)nc1. The minimum atomic E-state index is -0.529. The van der Waals surface area contributed by atoms with Crippen LogP contribution in [0.25, 0.3) is 11.4 Å². The summed E-state index contributed by atoms with van der Waals surface area (Å²) in [5.74, 6) is -1.15. The van der Waals surface area contributed by atoms with Crippen molar-refractivity contribution in [2.45, 2.75) is 0 Å². The third-order valence-corrected chi connectivity index (χ3v) is 3.12. The molecule has 23 heavy (non-hydrogen) atoms. The van der Waals surface area contributed by atoms with E-state index < -0.39 is 17.5 Å². The summed E-state index contributed by atoms with van der Waals surface area (Å²) in [4.78, 5) is 20.1. The fraction of sp³-hybridized carbons (Fsp3) is 0. The second-order valence-electron chi connectivity index (χ2n) is 4.74. The number of carbonyl (C=O) groups excluding carboxylic acids is 1. The van der Waals surface area contributed by atoms with Gasteiger partial charge in [-0.15, -0.1) is 0 Å². The lowest BCUT2D eigenvalue weighted by Gasteiger charge is -2.06. The Hall–Kier alpha value is -3.15. The number of amides is 1. The number of hydrogen-bond donors (Lipinski definition) is 1. The first-order valence-corrected chi connectivity index (χ1v) is 6.77. The summed E-state index contributed by atoms with van der Waals surface area (Å²) >= 11 is 0. The van der Waals surface area contributed by atoms with Gasteiger partial charge in [0.2, 0.25) is 0 Å². The molecule has 3 rings (SSSR count). The number of anilines is 1. The van der Waals surface area contributed by atoms with Crippen molar-refractivity contribution in [2.24, 2.45) is 0 Å². The number of hydrogen-bond acceptors (Lipinski definition) is 3. The molecule has 4 nitrogen and oxygen atoms in total. The van der Waals surface area contributed by atoms with Crippen LogP contribution in [0.3, 0.4) is 0 Å². The first kappa shape index (κ1) is 14.8. The summed E-state index contributed by atoms with van der Waals surface area (Å²) in [7, 11) is 0. The molecule has 0 aliphatic heterocycles. The number of nitrogens with zero attached hydrogens (tertiary/aromatic N) is 2. The molecule has 0 radical (unpaired) electrons. The molecule has 2 aromatic carbocycles. The highest BCUT2D eigenvalue weighted by atomic mass is 19.1. The first-order chi connectivity index (χ1) is 11.1. The van der Waals surface area contributed by atoms with Gasteiger partial charge < -0.3 is 5.32 Å². The smallest absolute Gasteiger partial charge is 0.258 e. The van der Waals surface area contributed by atoms with Crippen LogP contribution in [-0.2, 0) is 0 Å². The molecule has 1 heterocycles. The predicted molar refractivity (Wildman–Crippen MR) is 81.8 cm³/mol. The Morgan fingerprint density at radius 3 is 2.39 bits per heavy atom. The Kier molecular flexibility index (Phi) is 4.05. The van der Waals surface area contributed by atoms with Gasteiger partial charge in [-0.2, -0.15) is 0 Å². The zero-order valence-electron chi connectivity index (χ0n) is 11.8. The van der Waals surface area contributed by atoms with Crippen LogP contribution in [0.2, 0.25) is 0 Å². The summed E-state index contributed by atoms with van der Waals surface area (Å²) in [6, 6.07) is 11.7. The molecule has 0 saturated heterocycles. The number of rotatable bonds is 3. The minimum Gasteiger partial charge on any atom is -0.319 e. The molecule has 0 saturated carbocycles. The minimum absolute atomic E-state index is 0.0757. The molecule has 114 valence electrons. The van der Waals surface area contributed by atoms with E-state index in [2.05, 4.69) is 15.3 Å². The normalized spacial score (nSPS) is 10.3. The lowest BCUT2D eigenvalue weighted by Crippen LogP contribution is -2.13. The van der Waals surface area contributed by atoms with Crippen LogP contribution in [-0.4, -0.2) is 15.9 Å². The van der Waals surface area contributed by atoms with Gasteiger partial charge in [0, 0.05) is 18.0 Å². The van der Waals surface area contributed by atoms with Gasteiger partial charge >= 0.3 is 0 Å². The Morgan fingerprint density at radius 1 is 0.957 bits per heavy atom. The first-order valence-electron chi connectivity index (χ1n) is 6.77. The fourth-order valence-electron chi connectivity index (χ4n) is 1.98. The molecule has 0 aliphatic rings. The Labute approximate surface area is 130 Å². The van der Waals surface area contributed by atoms with E-state index in [1.54, 1.807) is 18.2 Å². The zero-order valence-corrected chi connectivity index (χ0v) is 11.8. The van der Waals surface area contributed by atoms with E-state index in [1.807, 2.05) is 0 Å². The summed E-state index contributed by atoms with van der Waals surface area (Å²) in [5.41, 5.74) is 0.756. The van der Waals surface area contributed by atoms with E-state index in [0.717, 1.165) is 0 Å². The van der Waals surface area contributed by atoms with Crippen molar-refractivity contribution in [1.82, 2.24) is 9.97 Å². The van der Waals surface area contributed by atoms with Gasteiger partial charge in [0.25, 0.3) is 5.91 Å². The average Bonchev–Trinajstić information content (AvgIpc) is 2.57. The predicted octanol–water partition coefficient (Wildman–Crippen LogP) is 3.67. The van der Waals surface area contributed by atoms with Gasteiger partial charge in [0.15, 0.2) is 5.82 Å². The summed E-state index contributed by atoms with van der Waals surface area (Å²) in [6.07, 6.45) is 2.62. The molecule has 0 atom stereocenters. The highest BCUT2D eigenvalue weighted by molar-refractivity contribution is 6.03. The molecule has 0 bridgehead atoms. The van der Waals surface area contributed by atoms with E-state index >= 15 is 0 Å². The van der Waals surface area contributed by atoms with E-state index in [4.69, 9.17) is 0 Å². The third kappa shape index (κ3) is 3.37. The number of carbonyl (C=O) groups is 1. The van der Waals surface area contributed by atoms with Crippen molar-refractivity contribution in [3.05, 3.63) is 78.1 Å². The zero-order chi connectivity index (χ0) is 16.2. The Morgan fingerprint density at radius 2 is 1.70 bits per heavy atom. The second-order valence-corrected chi connectivity index (χ2v) is 4.74. The topological polar surface area (TPSA) is 54.9 Å². The van der Waals surface area contributed by atoms with Crippen molar-refractivity contribution in [3.8, 4) is 11.4 Å². The maximum atomic E-state index is 13.5. The highest BCUT2D eigenvalue weighted by Gasteiger charge is 2.11. The average molecular weight is 311 g/mol. The molecule has 0 unspecified atom stereocenters. The van der Waals surface area contributed by atoms with Gasteiger partial charge in [-0.3, -0.25) is 4.79 Å². The quantitative estimate of drug-likeness (QED) is 0.803. The summed E-state index contributed by atoms with van der Waals surface area (Å²) in [5, 5.41) is 2.44. The van der Waals surface area contributed by atoms with Crippen LogP contribution in [0.5, 0.6) is 0 Å². The fourth-order valence-corrected chi connectivity index (χ4v) is 1.98. The van der Waals surface area contributed by atoms with Gasteiger partial charge in [-0.25, -0.2) is 18.7 Å². The number of aromatic nitrogens is 2. The van der Waals surface area contributed by atoms with Gasteiger partial charge in [-0.1, -0.05) is 24.3 Å². The van der Waals surface area contributed by atoms with Gasteiger partial charge in [0.1, 0.15) is 11.6 Å². The number of benzene rings is 2. The van der Waals surface area contributed by atoms with E-state index in [-0.39, 0.29) is 11.3 Å². The van der Waals surface area contributed by atoms with Crippen LogP contribution in [0.4, 0.5) is 14.5 Å². The van der Waals surface area contributed by atoms with Crippen molar-refractivity contribution >= 4 is 11.6 Å². The molecule has 1 N–H and O–H groups in total. The maximum absolute atomic E-state index is 13.5. The van der Waals surface area contributed by atoms with Crippen molar-refractivity contribution in [1.29, 1.82) is 0 Å². The molecule has 0 spiro atoms. The molecule has 1 amide bonds. The van der Waals surface area contributed by atoms with Crippen LogP contribution in [0.1, 0.15) is 10.4 Å². The van der Waals surface area contributed by atoms with Crippen LogP contribution in [0.15, 0.2) is 60.9 Å². The largest absolute Gasteiger partial charge is 0.319 e. The molecule has 0 aliphatic carbocycles. The molecule has 1 aromatic heterocycles. The number of halogens is 2. The molecular weight excluding hydrogens is 300 g/mol. The standard InChI is InChI=1S/C17H11F2N3O/c18-13-5-3-4-11(8-13)16-20-9-12(10-21-16)17(23)22-15-7-2-1-6-14(15)19/h1-10H,(H,22,23). The van der Waals surface area contributed by atoms with Crippen LogP contribution >= 0.6 is 0 Å². The van der Waals surface area contributed by atoms with Gasteiger partial charge in [0.05, 0.1) is 11.3 Å². The van der Waals surface area contributed by atoms with Crippen molar-refractivity contribution < 1.29 is 13.6 Å². The van der Waals surface area contributed by atoms with Gasteiger partial charge in [-0.05, 0) is 24.3 Å². The van der Waals surface area contributed by atoms with Crippen LogP contribution < -0.4 is 5.32 Å². The number of para-hydroxylation sites is 1. The van der Waals surface area contributed by atoms with Crippen molar-refractivity contribution in [2.75, 3.05) is 5.32 Å². The monoisotopic (exact) mass is 311 g/mol. The molecule has 0 fully saturated rings. The summed E-state index contributed by atoms with van der Waals surface area (Å²) in [6.45, 7) is 0. The maximum Gasteiger partial charge on any atom is 0.258 e. The van der Waals surface area contributed by atoms with E-state index in [0.29, 0.717) is 11.4 Å². The lowest BCUT2D eigenvalue weighted by atomic mass is 10.2. The molecule has 6 heteroatoms. The molecule has 3 aromatic rings. The second kappa shape index (κ2) is 6.31. The van der Waals surface area contributed by atoms with E-state index in [9.17, 15) is 13.6 Å². The Balaban J connectivity index is 1.79. The lowest BCUT2D eigenvalue weighted by molar-refractivity contribution is 0.102. The highest BCUT2D eigenvalue weighted by Crippen LogP contribution is 2.17.